The van der Waals surface area contributed by atoms with E-state index >= 15 is 0 Å². The Hall–Kier alpha value is -3.48. The van der Waals surface area contributed by atoms with Crippen molar-refractivity contribution in [2.75, 3.05) is 7.11 Å². The van der Waals surface area contributed by atoms with Crippen LogP contribution in [0.2, 0.25) is 0 Å². The third-order valence-electron chi connectivity index (χ3n) is 3.49. The van der Waals surface area contributed by atoms with Crippen molar-refractivity contribution in [3.05, 3.63) is 82.4 Å². The first-order chi connectivity index (χ1) is 12.2. The van der Waals surface area contributed by atoms with E-state index in [9.17, 15) is 9.59 Å². The van der Waals surface area contributed by atoms with Crippen LogP contribution in [0.5, 0.6) is 5.88 Å². The van der Waals surface area contributed by atoms with Gasteiger partial charge in [-0.1, -0.05) is 24.3 Å². The van der Waals surface area contributed by atoms with Gasteiger partial charge in [0.05, 0.1) is 12.8 Å². The summed E-state index contributed by atoms with van der Waals surface area (Å²) in [5, 5.41) is 6.89. The number of pyridine rings is 1. The van der Waals surface area contributed by atoms with Gasteiger partial charge in [-0.15, -0.1) is 0 Å². The summed E-state index contributed by atoms with van der Waals surface area (Å²) in [6.07, 6.45) is 1.62. The highest BCUT2D eigenvalue weighted by Gasteiger charge is 2.10. The summed E-state index contributed by atoms with van der Waals surface area (Å²) in [6, 6.07) is 15.2. The molecular formula is C18H16N4O3. The summed E-state index contributed by atoms with van der Waals surface area (Å²) in [6.45, 7) is 0.294. The molecule has 2 heterocycles. The topological polar surface area (TPSA) is 86.1 Å². The van der Waals surface area contributed by atoms with Crippen molar-refractivity contribution in [1.29, 1.82) is 0 Å². The molecule has 0 saturated carbocycles. The van der Waals surface area contributed by atoms with Gasteiger partial charge in [0, 0.05) is 24.9 Å². The molecule has 0 aliphatic rings. The molecule has 0 saturated heterocycles. The van der Waals surface area contributed by atoms with E-state index in [2.05, 4.69) is 15.4 Å². The molecule has 1 N–H and O–H groups in total. The maximum atomic E-state index is 12.3. The van der Waals surface area contributed by atoms with E-state index in [-0.39, 0.29) is 17.2 Å². The van der Waals surface area contributed by atoms with E-state index in [0.717, 1.165) is 5.56 Å². The zero-order chi connectivity index (χ0) is 17.6. The number of benzene rings is 1. The van der Waals surface area contributed by atoms with E-state index < -0.39 is 0 Å². The van der Waals surface area contributed by atoms with Gasteiger partial charge in [0.2, 0.25) is 5.88 Å². The number of carbonyl (C=O) groups is 1. The van der Waals surface area contributed by atoms with Crippen LogP contribution in [0, 0.1) is 0 Å². The van der Waals surface area contributed by atoms with Gasteiger partial charge in [-0.25, -0.2) is 4.98 Å². The average Bonchev–Trinajstić information content (AvgIpc) is 2.67. The predicted octanol–water partition coefficient (Wildman–Crippen LogP) is 1.57. The molecule has 0 unspecified atom stereocenters. The first-order valence-electron chi connectivity index (χ1n) is 7.60. The Bertz CT molecular complexity index is 921. The van der Waals surface area contributed by atoms with Crippen molar-refractivity contribution in [2.24, 2.45) is 0 Å². The van der Waals surface area contributed by atoms with Crippen LogP contribution in [0.1, 0.15) is 16.1 Å². The normalized spacial score (nSPS) is 10.3. The molecule has 1 amide bonds. The van der Waals surface area contributed by atoms with Gasteiger partial charge >= 0.3 is 0 Å². The molecule has 7 heteroatoms. The van der Waals surface area contributed by atoms with Crippen LogP contribution < -0.4 is 15.6 Å². The lowest BCUT2D eigenvalue weighted by Crippen LogP contribution is -2.28. The first kappa shape index (κ1) is 16.4. The SMILES string of the molecule is COc1ccc(CNC(=O)c2ccc(=O)n(-c3ccccc3)n2)cn1. The number of carbonyl (C=O) groups excluding carboxylic acids is 1. The van der Waals surface area contributed by atoms with E-state index in [1.165, 1.54) is 23.9 Å². The lowest BCUT2D eigenvalue weighted by molar-refractivity contribution is 0.0944. The Labute approximate surface area is 143 Å². The number of para-hydroxylation sites is 1. The summed E-state index contributed by atoms with van der Waals surface area (Å²) in [5.41, 5.74) is 1.28. The summed E-state index contributed by atoms with van der Waals surface area (Å²) in [7, 11) is 1.54. The molecule has 126 valence electrons. The molecule has 2 aromatic heterocycles. The smallest absolute Gasteiger partial charge is 0.272 e. The van der Waals surface area contributed by atoms with E-state index in [0.29, 0.717) is 18.1 Å². The van der Waals surface area contributed by atoms with Crippen molar-refractivity contribution >= 4 is 5.91 Å². The number of hydrogen-bond donors (Lipinski definition) is 1. The molecule has 0 fully saturated rings. The number of hydrogen-bond acceptors (Lipinski definition) is 5. The maximum absolute atomic E-state index is 12.3. The lowest BCUT2D eigenvalue weighted by Gasteiger charge is -2.08. The summed E-state index contributed by atoms with van der Waals surface area (Å²) in [4.78, 5) is 28.4. The van der Waals surface area contributed by atoms with Crippen LogP contribution in [-0.2, 0) is 6.54 Å². The van der Waals surface area contributed by atoms with Crippen molar-refractivity contribution in [3.63, 3.8) is 0 Å². The fraction of sp³-hybridized carbons (Fsp3) is 0.111. The van der Waals surface area contributed by atoms with Crippen LogP contribution in [0.4, 0.5) is 0 Å². The quantitative estimate of drug-likeness (QED) is 0.764. The Balaban J connectivity index is 1.75. The maximum Gasteiger partial charge on any atom is 0.272 e. The van der Waals surface area contributed by atoms with Crippen LogP contribution in [-0.4, -0.2) is 27.8 Å². The zero-order valence-electron chi connectivity index (χ0n) is 13.5. The predicted molar refractivity (Wildman–Crippen MR) is 91.8 cm³/mol. The van der Waals surface area contributed by atoms with E-state index in [1.54, 1.807) is 36.5 Å². The van der Waals surface area contributed by atoms with Crippen LogP contribution in [0.25, 0.3) is 5.69 Å². The lowest BCUT2D eigenvalue weighted by atomic mass is 10.2. The molecule has 0 aliphatic carbocycles. The molecule has 0 bridgehead atoms. The highest BCUT2D eigenvalue weighted by Crippen LogP contribution is 2.07. The Morgan fingerprint density at radius 2 is 1.92 bits per heavy atom. The Morgan fingerprint density at radius 1 is 1.12 bits per heavy atom. The summed E-state index contributed by atoms with van der Waals surface area (Å²) >= 11 is 0. The van der Waals surface area contributed by atoms with E-state index in [1.807, 2.05) is 12.1 Å². The molecule has 7 nitrogen and oxygen atoms in total. The van der Waals surface area contributed by atoms with Crippen LogP contribution >= 0.6 is 0 Å². The summed E-state index contributed by atoms with van der Waals surface area (Å²) in [5.74, 6) is 0.132. The largest absolute Gasteiger partial charge is 0.481 e. The Morgan fingerprint density at radius 3 is 2.60 bits per heavy atom. The fourth-order valence-electron chi connectivity index (χ4n) is 2.20. The number of nitrogens with zero attached hydrogens (tertiary/aromatic N) is 3. The number of amides is 1. The van der Waals surface area contributed by atoms with Gasteiger partial charge in [0.1, 0.15) is 5.69 Å². The second kappa shape index (κ2) is 7.39. The van der Waals surface area contributed by atoms with Gasteiger partial charge in [-0.05, 0) is 23.8 Å². The zero-order valence-corrected chi connectivity index (χ0v) is 13.5. The summed E-state index contributed by atoms with van der Waals surface area (Å²) < 4.78 is 6.19. The van der Waals surface area contributed by atoms with Crippen molar-refractivity contribution < 1.29 is 9.53 Å². The molecule has 3 rings (SSSR count). The first-order valence-corrected chi connectivity index (χ1v) is 7.60. The van der Waals surface area contributed by atoms with Crippen LogP contribution in [0.3, 0.4) is 0 Å². The van der Waals surface area contributed by atoms with Gasteiger partial charge < -0.3 is 10.1 Å². The van der Waals surface area contributed by atoms with Gasteiger partial charge in [0.25, 0.3) is 11.5 Å². The second-order valence-corrected chi connectivity index (χ2v) is 5.20. The molecule has 1 aromatic carbocycles. The minimum absolute atomic E-state index is 0.157. The van der Waals surface area contributed by atoms with Gasteiger partial charge in [-0.3, -0.25) is 9.59 Å². The molecule has 0 spiro atoms. The van der Waals surface area contributed by atoms with E-state index in [4.69, 9.17) is 4.74 Å². The molecule has 0 radical (unpaired) electrons. The second-order valence-electron chi connectivity index (χ2n) is 5.20. The minimum atomic E-state index is -0.375. The fourth-order valence-corrected chi connectivity index (χ4v) is 2.20. The molecular weight excluding hydrogens is 320 g/mol. The van der Waals surface area contributed by atoms with Crippen molar-refractivity contribution in [1.82, 2.24) is 20.1 Å². The molecule has 25 heavy (non-hydrogen) atoms. The highest BCUT2D eigenvalue weighted by atomic mass is 16.5. The third kappa shape index (κ3) is 3.89. The van der Waals surface area contributed by atoms with Gasteiger partial charge in [-0.2, -0.15) is 9.78 Å². The third-order valence-corrected chi connectivity index (χ3v) is 3.49. The molecule has 0 atom stereocenters. The number of nitrogens with one attached hydrogen (secondary N) is 1. The van der Waals surface area contributed by atoms with Crippen molar-refractivity contribution in [3.8, 4) is 11.6 Å². The minimum Gasteiger partial charge on any atom is -0.481 e. The standard InChI is InChI=1S/C18H16N4O3/c1-25-16-9-7-13(11-19-16)12-20-18(24)15-8-10-17(23)22(21-15)14-5-3-2-4-6-14/h2-11H,12H2,1H3,(H,20,24). The van der Waals surface area contributed by atoms with Crippen molar-refractivity contribution in [2.45, 2.75) is 6.54 Å². The van der Waals surface area contributed by atoms with Crippen LogP contribution in [0.15, 0.2) is 65.6 Å². The number of aromatic nitrogens is 3. The van der Waals surface area contributed by atoms with Gasteiger partial charge in [0.15, 0.2) is 0 Å². The average molecular weight is 336 g/mol. The number of methoxy groups -OCH3 is 1. The molecule has 3 aromatic rings. The molecule has 0 aliphatic heterocycles. The number of ether oxygens (including phenoxy) is 1. The highest BCUT2D eigenvalue weighted by molar-refractivity contribution is 5.92. The number of rotatable bonds is 5. The monoisotopic (exact) mass is 336 g/mol. The Kier molecular flexibility index (Phi) is 4.84.